The first kappa shape index (κ1) is 29.0. The fourth-order valence-electron chi connectivity index (χ4n) is 4.41. The minimum Gasteiger partial charge on any atom is -0.462 e. The van der Waals surface area contributed by atoms with E-state index in [1.54, 1.807) is 44.2 Å². The third-order valence-corrected chi connectivity index (χ3v) is 8.09. The van der Waals surface area contributed by atoms with Gasteiger partial charge in [0.25, 0.3) is 5.56 Å². The van der Waals surface area contributed by atoms with Crippen LogP contribution < -0.4 is 20.9 Å². The molecular weight excluding hydrogens is 541 g/mol. The number of imidazole rings is 1. The zero-order valence-corrected chi connectivity index (χ0v) is 23.0. The molecule has 1 saturated carbocycles. The Bertz CT molecular complexity index is 1560. The number of esters is 1. The van der Waals surface area contributed by atoms with Gasteiger partial charge in [-0.3, -0.25) is 19.1 Å². The van der Waals surface area contributed by atoms with Crippen molar-refractivity contribution in [3.63, 3.8) is 0 Å². The Morgan fingerprint density at radius 2 is 2.10 bits per heavy atom. The molecule has 0 unspecified atom stereocenters. The maximum atomic E-state index is 13.9. The monoisotopic (exact) mass is 571 g/mol. The highest BCUT2D eigenvalue weighted by Gasteiger charge is 2.53. The number of fused-ring (bicyclic) bond motifs is 1. The molecule has 4 rings (SSSR count). The fourth-order valence-corrected chi connectivity index (χ4v) is 5.94. The van der Waals surface area contributed by atoms with Crippen molar-refractivity contribution in [1.29, 1.82) is 5.26 Å². The van der Waals surface area contributed by atoms with Gasteiger partial charge in [-0.15, -0.1) is 0 Å². The predicted molar refractivity (Wildman–Crippen MR) is 144 cm³/mol. The Morgan fingerprint density at radius 1 is 1.40 bits per heavy atom. The number of aliphatic hydroxyl groups excluding tert-OH is 1. The molecule has 2 heterocycles. The molecule has 40 heavy (non-hydrogen) atoms. The average Bonchev–Trinajstić information content (AvgIpc) is 3.41. The van der Waals surface area contributed by atoms with Gasteiger partial charge in [0, 0.05) is 0 Å². The average molecular weight is 572 g/mol. The number of para-hydroxylation sites is 1. The SMILES string of the molecule is C=C1[C@@H](n2cnc3c(=O)[nH]c(N)nc32)C[C@H](O)[C@@]1(C#N)CO[P@](=O)(N[C@@H](C)C(=O)OC(C)C)Oc1ccccc1. The number of aromatic amines is 1. The third-order valence-electron chi connectivity index (χ3n) is 6.46. The van der Waals surface area contributed by atoms with E-state index in [0.29, 0.717) is 0 Å². The number of anilines is 1. The van der Waals surface area contributed by atoms with Gasteiger partial charge >= 0.3 is 13.7 Å². The van der Waals surface area contributed by atoms with Crippen LogP contribution in [-0.4, -0.2) is 55.5 Å². The Morgan fingerprint density at radius 3 is 2.75 bits per heavy atom. The number of benzene rings is 1. The Hall–Kier alpha value is -4.02. The highest BCUT2D eigenvalue weighted by atomic mass is 31.2. The molecule has 212 valence electrons. The van der Waals surface area contributed by atoms with E-state index in [4.69, 9.17) is 19.5 Å². The third kappa shape index (κ3) is 5.64. The van der Waals surface area contributed by atoms with E-state index in [0.717, 1.165) is 0 Å². The predicted octanol–water partition coefficient (Wildman–Crippen LogP) is 2.21. The zero-order chi connectivity index (χ0) is 29.2. The molecule has 1 aliphatic carbocycles. The van der Waals surface area contributed by atoms with Gasteiger partial charge in [-0.2, -0.15) is 15.3 Å². The van der Waals surface area contributed by atoms with E-state index in [1.807, 2.05) is 0 Å². The molecule has 14 nitrogen and oxygen atoms in total. The number of aliphatic hydroxyl groups is 1. The number of nitriles is 1. The number of ether oxygens (including phenoxy) is 1. The molecule has 5 N–H and O–H groups in total. The number of nitrogens with one attached hydrogen (secondary N) is 2. The van der Waals surface area contributed by atoms with Crippen LogP contribution >= 0.6 is 7.75 Å². The largest absolute Gasteiger partial charge is 0.462 e. The van der Waals surface area contributed by atoms with Crippen LogP contribution in [0.1, 0.15) is 33.2 Å². The van der Waals surface area contributed by atoms with Gasteiger partial charge < -0.3 is 24.7 Å². The Balaban J connectivity index is 1.62. The van der Waals surface area contributed by atoms with Gasteiger partial charge in [0.05, 0.1) is 37.3 Å². The maximum Gasteiger partial charge on any atom is 0.459 e. The van der Waals surface area contributed by atoms with Crippen molar-refractivity contribution >= 4 is 30.8 Å². The molecule has 2 aromatic heterocycles. The summed E-state index contributed by atoms with van der Waals surface area (Å²) in [5.74, 6) is -0.644. The summed E-state index contributed by atoms with van der Waals surface area (Å²) in [6, 6.07) is 8.35. The number of hydrogen-bond donors (Lipinski definition) is 4. The van der Waals surface area contributed by atoms with Crippen molar-refractivity contribution in [3.05, 3.63) is 59.2 Å². The summed E-state index contributed by atoms with van der Waals surface area (Å²) in [4.78, 5) is 35.2. The smallest absolute Gasteiger partial charge is 0.459 e. The first-order valence-corrected chi connectivity index (χ1v) is 13.9. The summed E-state index contributed by atoms with van der Waals surface area (Å²) in [7, 11) is -4.34. The first-order valence-electron chi connectivity index (χ1n) is 12.4. The first-order chi connectivity index (χ1) is 18.9. The van der Waals surface area contributed by atoms with Crippen molar-refractivity contribution in [1.82, 2.24) is 24.6 Å². The number of carbonyl (C=O) groups excluding carboxylic acids is 1. The summed E-state index contributed by atoms with van der Waals surface area (Å²) in [5, 5.41) is 23.9. The molecule has 0 aliphatic heterocycles. The van der Waals surface area contributed by atoms with Crippen LogP contribution in [0.25, 0.3) is 11.2 Å². The Kier molecular flexibility index (Phi) is 8.13. The number of hydrogen-bond acceptors (Lipinski definition) is 11. The van der Waals surface area contributed by atoms with Gasteiger partial charge in [-0.25, -0.2) is 9.55 Å². The normalized spacial score (nSPS) is 23.1. The summed E-state index contributed by atoms with van der Waals surface area (Å²) in [5.41, 5.74) is 3.79. The van der Waals surface area contributed by atoms with Gasteiger partial charge in [0.15, 0.2) is 11.2 Å². The lowest BCUT2D eigenvalue weighted by Gasteiger charge is -2.30. The van der Waals surface area contributed by atoms with Crippen LogP contribution in [-0.2, 0) is 18.6 Å². The highest BCUT2D eigenvalue weighted by molar-refractivity contribution is 7.52. The number of rotatable bonds is 10. The second-order valence-corrected chi connectivity index (χ2v) is 11.4. The lowest BCUT2D eigenvalue weighted by molar-refractivity contribution is -0.149. The van der Waals surface area contributed by atoms with Gasteiger partial charge in [0.1, 0.15) is 17.2 Å². The molecule has 0 bridgehead atoms. The van der Waals surface area contributed by atoms with E-state index in [1.165, 1.54) is 17.8 Å². The molecule has 1 aromatic carbocycles. The molecule has 1 fully saturated rings. The van der Waals surface area contributed by atoms with Gasteiger partial charge in [-0.05, 0) is 44.9 Å². The number of H-pyrrole nitrogens is 1. The van der Waals surface area contributed by atoms with E-state index in [9.17, 15) is 24.5 Å². The van der Waals surface area contributed by atoms with E-state index in [-0.39, 0.29) is 34.9 Å². The Labute approximate surface area is 229 Å². The molecule has 0 radical (unpaired) electrons. The number of nitrogens with two attached hydrogens (primary N) is 1. The zero-order valence-electron chi connectivity index (χ0n) is 22.1. The van der Waals surface area contributed by atoms with Crippen molar-refractivity contribution < 1.29 is 28.3 Å². The molecule has 15 heteroatoms. The van der Waals surface area contributed by atoms with Crippen LogP contribution in [0.2, 0.25) is 0 Å². The molecule has 0 spiro atoms. The lowest BCUT2D eigenvalue weighted by atomic mass is 9.83. The van der Waals surface area contributed by atoms with Crippen molar-refractivity contribution in [2.75, 3.05) is 12.3 Å². The van der Waals surface area contributed by atoms with Crippen LogP contribution in [0, 0.1) is 16.7 Å². The van der Waals surface area contributed by atoms with E-state index < -0.39 is 55.6 Å². The molecule has 1 aliphatic rings. The fraction of sp³-hybridized carbons (Fsp3) is 0.400. The maximum absolute atomic E-state index is 13.9. The lowest BCUT2D eigenvalue weighted by Crippen LogP contribution is -2.39. The summed E-state index contributed by atoms with van der Waals surface area (Å²) < 4.78 is 32.0. The molecule has 0 amide bonds. The summed E-state index contributed by atoms with van der Waals surface area (Å²) in [6.45, 7) is 8.21. The summed E-state index contributed by atoms with van der Waals surface area (Å²) in [6.07, 6.45) is -0.400. The van der Waals surface area contributed by atoms with Crippen LogP contribution in [0.4, 0.5) is 5.95 Å². The second kappa shape index (κ2) is 11.2. The standard InChI is InChI=1S/C25H30N7O7P/c1-14(2)38-23(35)16(4)31-40(36,39-17-8-6-5-7-9-17)37-12-25(11-26)15(3)18(10-19(25)33)32-13-28-20-21(32)29-24(27)30-22(20)34/h5-9,13-14,16,18-19,33H,3,10,12H2,1-2,4H3,(H,31,36)(H3,27,29,30,34)/t16-,18-,19-,25-,40+/m0/s1. The van der Waals surface area contributed by atoms with E-state index >= 15 is 0 Å². The molecule has 0 saturated heterocycles. The molecule has 5 atom stereocenters. The second-order valence-electron chi connectivity index (χ2n) is 9.66. The summed E-state index contributed by atoms with van der Waals surface area (Å²) >= 11 is 0. The number of carbonyl (C=O) groups is 1. The van der Waals surface area contributed by atoms with Crippen molar-refractivity contribution in [2.24, 2.45) is 5.41 Å². The molecular formula is C25H30N7O7P. The van der Waals surface area contributed by atoms with Gasteiger partial charge in [-0.1, -0.05) is 24.8 Å². The topological polar surface area (TPSA) is 207 Å². The van der Waals surface area contributed by atoms with Gasteiger partial charge in [0.2, 0.25) is 5.95 Å². The number of aromatic nitrogens is 4. The van der Waals surface area contributed by atoms with Crippen LogP contribution in [0.15, 0.2) is 53.6 Å². The van der Waals surface area contributed by atoms with Crippen molar-refractivity contribution in [2.45, 2.75) is 51.5 Å². The highest BCUT2D eigenvalue weighted by Crippen LogP contribution is 2.53. The minimum absolute atomic E-state index is 0.00993. The van der Waals surface area contributed by atoms with Crippen molar-refractivity contribution in [3.8, 4) is 11.8 Å². The van der Waals surface area contributed by atoms with Crippen LogP contribution in [0.3, 0.4) is 0 Å². The molecule has 3 aromatic rings. The quantitative estimate of drug-likeness (QED) is 0.157. The van der Waals surface area contributed by atoms with E-state index in [2.05, 4.69) is 32.7 Å². The number of nitrogens with zero attached hydrogens (tertiary/aromatic N) is 4. The number of nitrogen functional groups attached to an aromatic ring is 1. The van der Waals surface area contributed by atoms with Crippen LogP contribution in [0.5, 0.6) is 5.75 Å². The minimum atomic E-state index is -4.34.